The van der Waals surface area contributed by atoms with Crippen molar-refractivity contribution in [2.24, 2.45) is 0 Å². The molecule has 0 saturated carbocycles. The average molecular weight is 625 g/mol. The second-order valence-electron chi connectivity index (χ2n) is 9.38. The molecule has 1 atom stereocenters. The Labute approximate surface area is 251 Å². The fourth-order valence-corrected chi connectivity index (χ4v) is 5.93. The van der Waals surface area contributed by atoms with Crippen LogP contribution in [-0.2, 0) is 26.2 Å². The minimum absolute atomic E-state index is 0.0264. The van der Waals surface area contributed by atoms with E-state index >= 15 is 0 Å². The van der Waals surface area contributed by atoms with Gasteiger partial charge in [0.05, 0.1) is 10.6 Å². The molecule has 7 nitrogen and oxygen atoms in total. The van der Waals surface area contributed by atoms with Crippen molar-refractivity contribution in [3.8, 4) is 0 Å². The summed E-state index contributed by atoms with van der Waals surface area (Å²) in [4.78, 5) is 28.3. The summed E-state index contributed by atoms with van der Waals surface area (Å²) in [5, 5.41) is 4.01. The molecular formula is C29H32Cl3N3O4S. The molecule has 0 aromatic heterocycles. The molecule has 0 spiro atoms. The number of nitrogens with one attached hydrogen (secondary N) is 1. The standard InChI is InChI=1S/C29H32Cl3N3O4S/c1-4-5-16-33-29(37)21(3)34(18-22-8-9-24(31)17-27(22)32)28(36)19-35(25-12-10-23(30)11-13-25)40(38,39)26-14-6-20(2)7-15-26/h6-15,17,21H,4-5,16,18-19H2,1-3H3,(H,33,37)/t21-/m1/s1. The number of halogens is 3. The van der Waals surface area contributed by atoms with E-state index in [2.05, 4.69) is 5.32 Å². The number of hydrogen-bond donors (Lipinski definition) is 1. The first-order valence-corrected chi connectivity index (χ1v) is 15.4. The van der Waals surface area contributed by atoms with Gasteiger partial charge in [0.2, 0.25) is 11.8 Å². The molecule has 0 aliphatic heterocycles. The van der Waals surface area contributed by atoms with Crippen LogP contribution in [0, 0.1) is 6.92 Å². The summed E-state index contributed by atoms with van der Waals surface area (Å²) >= 11 is 18.5. The van der Waals surface area contributed by atoms with Crippen LogP contribution in [0.5, 0.6) is 0 Å². The second-order valence-corrected chi connectivity index (χ2v) is 12.5. The van der Waals surface area contributed by atoms with E-state index in [1.807, 2.05) is 13.8 Å². The molecule has 2 amide bonds. The van der Waals surface area contributed by atoms with Gasteiger partial charge < -0.3 is 10.2 Å². The Bertz CT molecular complexity index is 1430. The molecule has 0 bridgehead atoms. The van der Waals surface area contributed by atoms with Crippen molar-refractivity contribution in [3.63, 3.8) is 0 Å². The maximum atomic E-state index is 13.9. The number of sulfonamides is 1. The predicted molar refractivity (Wildman–Crippen MR) is 162 cm³/mol. The minimum Gasteiger partial charge on any atom is -0.354 e. The quantitative estimate of drug-likeness (QED) is 0.234. The van der Waals surface area contributed by atoms with Crippen LogP contribution < -0.4 is 9.62 Å². The van der Waals surface area contributed by atoms with E-state index in [4.69, 9.17) is 34.8 Å². The van der Waals surface area contributed by atoms with Crippen LogP contribution >= 0.6 is 34.8 Å². The maximum Gasteiger partial charge on any atom is 0.264 e. The van der Waals surface area contributed by atoms with E-state index in [1.54, 1.807) is 49.4 Å². The third kappa shape index (κ3) is 8.13. The van der Waals surface area contributed by atoms with Gasteiger partial charge in [0.15, 0.2) is 0 Å². The Hall–Kier alpha value is -2.78. The molecule has 0 saturated heterocycles. The number of hydrogen-bond acceptors (Lipinski definition) is 4. The monoisotopic (exact) mass is 623 g/mol. The van der Waals surface area contributed by atoms with Crippen molar-refractivity contribution in [1.29, 1.82) is 0 Å². The zero-order chi connectivity index (χ0) is 29.4. The average Bonchev–Trinajstić information content (AvgIpc) is 2.91. The number of aryl methyl sites for hydroxylation is 1. The van der Waals surface area contributed by atoms with Gasteiger partial charge in [0.1, 0.15) is 12.6 Å². The predicted octanol–water partition coefficient (Wildman–Crippen LogP) is 6.48. The maximum absolute atomic E-state index is 13.9. The molecule has 3 aromatic rings. The molecule has 0 aliphatic carbocycles. The van der Waals surface area contributed by atoms with Crippen LogP contribution in [0.3, 0.4) is 0 Å². The lowest BCUT2D eigenvalue weighted by atomic mass is 10.1. The zero-order valence-corrected chi connectivity index (χ0v) is 25.6. The first-order chi connectivity index (χ1) is 18.9. The summed E-state index contributed by atoms with van der Waals surface area (Å²) < 4.78 is 28.7. The third-order valence-corrected chi connectivity index (χ3v) is 8.98. The Morgan fingerprint density at radius 3 is 2.15 bits per heavy atom. The Balaban J connectivity index is 2.01. The molecule has 0 fully saturated rings. The zero-order valence-electron chi connectivity index (χ0n) is 22.5. The normalized spacial score (nSPS) is 12.1. The fraction of sp³-hybridized carbons (Fsp3) is 0.310. The number of carbonyl (C=O) groups excluding carboxylic acids is 2. The number of rotatable bonds is 12. The van der Waals surface area contributed by atoms with Gasteiger partial charge in [-0.15, -0.1) is 0 Å². The van der Waals surface area contributed by atoms with E-state index in [0.717, 1.165) is 22.7 Å². The Kier molecular flexibility index (Phi) is 11.3. The van der Waals surface area contributed by atoms with Gasteiger partial charge in [0.25, 0.3) is 10.0 Å². The van der Waals surface area contributed by atoms with Crippen LogP contribution in [-0.4, -0.2) is 44.3 Å². The highest BCUT2D eigenvalue weighted by atomic mass is 35.5. The van der Waals surface area contributed by atoms with Crippen LogP contribution in [0.15, 0.2) is 71.6 Å². The van der Waals surface area contributed by atoms with E-state index in [9.17, 15) is 18.0 Å². The smallest absolute Gasteiger partial charge is 0.264 e. The van der Waals surface area contributed by atoms with Crippen molar-refractivity contribution in [2.45, 2.75) is 51.1 Å². The molecule has 0 radical (unpaired) electrons. The lowest BCUT2D eigenvalue weighted by Crippen LogP contribution is -2.51. The van der Waals surface area contributed by atoms with Crippen LogP contribution in [0.1, 0.15) is 37.8 Å². The van der Waals surface area contributed by atoms with Gasteiger partial charge in [-0.3, -0.25) is 13.9 Å². The molecule has 0 heterocycles. The van der Waals surface area contributed by atoms with Crippen molar-refractivity contribution in [2.75, 3.05) is 17.4 Å². The van der Waals surface area contributed by atoms with Gasteiger partial charge in [-0.1, -0.05) is 71.9 Å². The van der Waals surface area contributed by atoms with Crippen molar-refractivity contribution >= 4 is 62.3 Å². The van der Waals surface area contributed by atoms with E-state index < -0.39 is 28.5 Å². The number of unbranched alkanes of at least 4 members (excludes halogenated alkanes) is 1. The van der Waals surface area contributed by atoms with Gasteiger partial charge in [0, 0.05) is 28.2 Å². The highest BCUT2D eigenvalue weighted by molar-refractivity contribution is 7.92. The molecule has 40 heavy (non-hydrogen) atoms. The molecular weight excluding hydrogens is 593 g/mol. The summed E-state index contributed by atoms with van der Waals surface area (Å²) in [6.45, 7) is 5.33. The SMILES string of the molecule is CCCCNC(=O)[C@@H](C)N(Cc1ccc(Cl)cc1Cl)C(=O)CN(c1ccc(Cl)cc1)S(=O)(=O)c1ccc(C)cc1. The van der Waals surface area contributed by atoms with Crippen LogP contribution in [0.25, 0.3) is 0 Å². The second kappa shape index (κ2) is 14.2. The first-order valence-electron chi connectivity index (χ1n) is 12.8. The highest BCUT2D eigenvalue weighted by Crippen LogP contribution is 2.27. The number of amides is 2. The number of benzene rings is 3. The highest BCUT2D eigenvalue weighted by Gasteiger charge is 2.32. The number of nitrogens with zero attached hydrogens (tertiary/aromatic N) is 2. The van der Waals surface area contributed by atoms with Gasteiger partial charge >= 0.3 is 0 Å². The van der Waals surface area contributed by atoms with Crippen molar-refractivity contribution < 1.29 is 18.0 Å². The first kappa shape index (κ1) is 31.7. The van der Waals surface area contributed by atoms with Crippen LogP contribution in [0.2, 0.25) is 15.1 Å². The van der Waals surface area contributed by atoms with Gasteiger partial charge in [-0.25, -0.2) is 8.42 Å². The fourth-order valence-electron chi connectivity index (χ4n) is 3.93. The molecule has 214 valence electrons. The Morgan fingerprint density at radius 2 is 1.55 bits per heavy atom. The molecule has 0 unspecified atom stereocenters. The lowest BCUT2D eigenvalue weighted by Gasteiger charge is -2.32. The third-order valence-electron chi connectivity index (χ3n) is 6.36. The summed E-state index contributed by atoms with van der Waals surface area (Å²) in [5.41, 5.74) is 1.71. The van der Waals surface area contributed by atoms with E-state index in [0.29, 0.717) is 27.2 Å². The van der Waals surface area contributed by atoms with Crippen LogP contribution in [0.4, 0.5) is 5.69 Å². The molecule has 0 aliphatic rings. The number of anilines is 1. The summed E-state index contributed by atoms with van der Waals surface area (Å²) in [5.74, 6) is -0.943. The molecule has 3 aromatic carbocycles. The van der Waals surface area contributed by atoms with Gasteiger partial charge in [-0.2, -0.15) is 0 Å². The Morgan fingerprint density at radius 1 is 0.925 bits per heavy atom. The molecule has 3 rings (SSSR count). The summed E-state index contributed by atoms with van der Waals surface area (Å²) in [7, 11) is -4.16. The number of carbonyl (C=O) groups is 2. The van der Waals surface area contributed by atoms with Crippen molar-refractivity contribution in [3.05, 3.63) is 92.9 Å². The van der Waals surface area contributed by atoms with Crippen molar-refractivity contribution in [1.82, 2.24) is 10.2 Å². The molecule has 1 N–H and O–H groups in total. The van der Waals surface area contributed by atoms with E-state index in [-0.39, 0.29) is 23.0 Å². The largest absolute Gasteiger partial charge is 0.354 e. The molecule has 11 heteroatoms. The van der Waals surface area contributed by atoms with Gasteiger partial charge in [-0.05, 0) is 74.4 Å². The summed E-state index contributed by atoms with van der Waals surface area (Å²) in [6, 6.07) is 16.5. The topological polar surface area (TPSA) is 86.8 Å². The van der Waals surface area contributed by atoms with E-state index in [1.165, 1.54) is 29.2 Å². The minimum atomic E-state index is -4.16. The lowest BCUT2D eigenvalue weighted by molar-refractivity contribution is -0.139. The summed E-state index contributed by atoms with van der Waals surface area (Å²) in [6.07, 6.45) is 1.68.